The first kappa shape index (κ1) is 21.6. The van der Waals surface area contributed by atoms with Crippen molar-refractivity contribution in [1.82, 2.24) is 0 Å². The smallest absolute Gasteiger partial charge is 0.179 e. The normalized spacial score (nSPS) is 25.8. The van der Waals surface area contributed by atoms with Crippen molar-refractivity contribution < 1.29 is 13.5 Å². The number of anilines is 1. The average Bonchev–Trinajstić information content (AvgIpc) is 2.78. The van der Waals surface area contributed by atoms with Crippen molar-refractivity contribution in [1.29, 1.82) is 0 Å². The van der Waals surface area contributed by atoms with Gasteiger partial charge in [0.1, 0.15) is 0 Å². The molecule has 4 nitrogen and oxygen atoms in total. The average molecular weight is 413 g/mol. The third kappa shape index (κ3) is 3.99. The first-order chi connectivity index (χ1) is 13.8. The number of nitrogen functional groups attached to an aromatic ring is 1. The Morgan fingerprint density at radius 3 is 2.48 bits per heavy atom. The van der Waals surface area contributed by atoms with Crippen LogP contribution in [0.1, 0.15) is 62.1 Å². The largest absolute Gasteiger partial charge is 0.399 e. The maximum Gasteiger partial charge on any atom is 0.179 e. The monoisotopic (exact) mass is 412 g/mol. The van der Waals surface area contributed by atoms with Crippen LogP contribution in [0.15, 0.2) is 47.4 Å². The van der Waals surface area contributed by atoms with E-state index >= 15 is 0 Å². The van der Waals surface area contributed by atoms with E-state index in [4.69, 9.17) is 12.3 Å². The van der Waals surface area contributed by atoms with Crippen LogP contribution in [0.25, 0.3) is 6.08 Å². The molecule has 0 radical (unpaired) electrons. The van der Waals surface area contributed by atoms with Gasteiger partial charge in [0.05, 0.1) is 16.8 Å². The molecule has 3 atom stereocenters. The van der Waals surface area contributed by atoms with Gasteiger partial charge < -0.3 is 10.8 Å². The summed E-state index contributed by atoms with van der Waals surface area (Å²) < 4.78 is 26.8. The number of fused-ring (bicyclic) bond motifs is 1. The lowest BCUT2D eigenvalue weighted by Crippen LogP contribution is -2.42. The summed E-state index contributed by atoms with van der Waals surface area (Å²) in [4.78, 5) is 0.275. The number of hydrogen-bond donors (Lipinski definition) is 2. The van der Waals surface area contributed by atoms with Crippen LogP contribution in [-0.2, 0) is 9.84 Å². The fourth-order valence-corrected chi connectivity index (χ4v) is 6.82. The zero-order valence-corrected chi connectivity index (χ0v) is 18.0. The quantitative estimate of drug-likeness (QED) is 0.537. The van der Waals surface area contributed by atoms with Crippen LogP contribution in [0.3, 0.4) is 0 Å². The molecule has 0 saturated carbocycles. The highest BCUT2D eigenvalue weighted by Crippen LogP contribution is 2.49. The molecule has 1 aliphatic heterocycles. The number of aliphatic hydroxyl groups is 1. The van der Waals surface area contributed by atoms with Gasteiger partial charge in [0.25, 0.3) is 0 Å². The van der Waals surface area contributed by atoms with Gasteiger partial charge in [0, 0.05) is 17.0 Å². The SMILES string of the molecule is [CH-]=Cc1ccc([C@H]2c3cc(N)ccc3S(=O)(=O)C[C@@](CC)(CCCC)[C@H]2O)cc1. The Balaban J connectivity index is 2.27. The molecule has 0 unspecified atom stereocenters. The lowest BCUT2D eigenvalue weighted by Gasteiger charge is -2.39. The van der Waals surface area contributed by atoms with E-state index in [-0.39, 0.29) is 10.6 Å². The number of hydrogen-bond acceptors (Lipinski definition) is 4. The van der Waals surface area contributed by atoms with Crippen molar-refractivity contribution in [3.8, 4) is 0 Å². The Hall–Kier alpha value is -2.11. The standard InChI is InChI=1S/C24H30NO3S/c1-4-7-14-24(6-3)16-29(27,28)21-13-12-19(25)15-20(21)22(23(24)26)18-10-8-17(5-2)9-11-18/h2,5,8-13,15,22-23,26H,4,6-7,14,16,25H2,1,3H3/q-1/t22-,23-,24+/m0/s1. The lowest BCUT2D eigenvalue weighted by atomic mass is 9.69. The van der Waals surface area contributed by atoms with E-state index in [1.165, 1.54) is 6.08 Å². The zero-order valence-electron chi connectivity index (χ0n) is 17.1. The molecular weight excluding hydrogens is 382 g/mol. The second-order valence-corrected chi connectivity index (χ2v) is 10.1. The van der Waals surface area contributed by atoms with Gasteiger partial charge in [-0.1, -0.05) is 38.8 Å². The van der Waals surface area contributed by atoms with Gasteiger partial charge in [-0.25, -0.2) is 14.5 Å². The summed E-state index contributed by atoms with van der Waals surface area (Å²) in [5, 5.41) is 11.7. The molecule has 156 valence electrons. The third-order valence-electron chi connectivity index (χ3n) is 6.34. The van der Waals surface area contributed by atoms with Gasteiger partial charge in [-0.2, -0.15) is 5.56 Å². The van der Waals surface area contributed by atoms with Gasteiger partial charge in [-0.05, 0) is 42.2 Å². The van der Waals surface area contributed by atoms with Crippen molar-refractivity contribution in [2.45, 2.75) is 56.4 Å². The Labute approximate surface area is 174 Å². The summed E-state index contributed by atoms with van der Waals surface area (Å²) in [6.45, 7) is 9.67. The number of nitrogens with two attached hydrogens (primary N) is 1. The van der Waals surface area contributed by atoms with Crippen LogP contribution in [0.5, 0.6) is 0 Å². The lowest BCUT2D eigenvalue weighted by molar-refractivity contribution is 0.0174. The van der Waals surface area contributed by atoms with Gasteiger partial charge in [-0.3, -0.25) is 6.58 Å². The minimum absolute atomic E-state index is 0.0558. The van der Waals surface area contributed by atoms with Gasteiger partial charge in [0.15, 0.2) is 9.84 Å². The molecule has 5 heteroatoms. The Morgan fingerprint density at radius 1 is 1.21 bits per heavy atom. The summed E-state index contributed by atoms with van der Waals surface area (Å²) in [7, 11) is -3.57. The molecule has 0 aromatic heterocycles. The molecule has 2 aromatic carbocycles. The maximum atomic E-state index is 13.4. The Kier molecular flexibility index (Phi) is 6.20. The summed E-state index contributed by atoms with van der Waals surface area (Å²) in [6.07, 6.45) is 3.73. The maximum absolute atomic E-state index is 13.4. The van der Waals surface area contributed by atoms with Crippen LogP contribution < -0.4 is 5.73 Å². The molecule has 0 fully saturated rings. The molecule has 29 heavy (non-hydrogen) atoms. The molecular formula is C24H30NO3S-. The summed E-state index contributed by atoms with van der Waals surface area (Å²) >= 11 is 0. The third-order valence-corrected chi connectivity index (χ3v) is 8.34. The van der Waals surface area contributed by atoms with E-state index in [1.54, 1.807) is 18.2 Å². The minimum atomic E-state index is -3.57. The van der Waals surface area contributed by atoms with Gasteiger partial charge in [-0.15, -0.1) is 12.1 Å². The van der Waals surface area contributed by atoms with E-state index in [1.807, 2.05) is 31.2 Å². The van der Waals surface area contributed by atoms with Crippen LogP contribution in [0.2, 0.25) is 0 Å². The van der Waals surface area contributed by atoms with Crippen molar-refractivity contribution in [3.05, 3.63) is 65.7 Å². The molecule has 0 bridgehead atoms. The zero-order chi connectivity index (χ0) is 21.2. The van der Waals surface area contributed by atoms with Crippen LogP contribution in [0.4, 0.5) is 5.69 Å². The molecule has 0 amide bonds. The number of benzene rings is 2. The number of unbranched alkanes of at least 4 members (excludes halogenated alkanes) is 1. The molecule has 0 aliphatic carbocycles. The first-order valence-corrected chi connectivity index (χ1v) is 11.9. The molecule has 0 spiro atoms. The summed E-state index contributed by atoms with van der Waals surface area (Å²) in [5.41, 5.74) is 8.11. The Bertz CT molecular complexity index is 982. The Morgan fingerprint density at radius 2 is 1.90 bits per heavy atom. The van der Waals surface area contributed by atoms with Crippen LogP contribution in [0, 0.1) is 12.0 Å². The van der Waals surface area contributed by atoms with Crippen molar-refractivity contribution in [2.24, 2.45) is 5.41 Å². The fraction of sp³-hybridized carbons (Fsp3) is 0.417. The summed E-state index contributed by atoms with van der Waals surface area (Å²) in [6, 6.07) is 12.5. The first-order valence-electron chi connectivity index (χ1n) is 10.2. The van der Waals surface area contributed by atoms with Crippen molar-refractivity contribution >= 4 is 21.6 Å². The van der Waals surface area contributed by atoms with E-state index in [0.717, 1.165) is 24.0 Å². The van der Waals surface area contributed by atoms with E-state index in [2.05, 4.69) is 6.92 Å². The number of rotatable bonds is 6. The molecule has 0 saturated heterocycles. The van der Waals surface area contributed by atoms with E-state index in [9.17, 15) is 13.5 Å². The van der Waals surface area contributed by atoms with E-state index < -0.39 is 27.3 Å². The highest BCUT2D eigenvalue weighted by Gasteiger charge is 2.48. The van der Waals surface area contributed by atoms with Crippen LogP contribution in [-0.4, -0.2) is 25.4 Å². The number of aliphatic hydroxyl groups excluding tert-OH is 1. The number of sulfone groups is 1. The van der Waals surface area contributed by atoms with Crippen molar-refractivity contribution in [2.75, 3.05) is 11.5 Å². The fourth-order valence-electron chi connectivity index (χ4n) is 4.57. The summed E-state index contributed by atoms with van der Waals surface area (Å²) in [5.74, 6) is -0.533. The topological polar surface area (TPSA) is 80.4 Å². The van der Waals surface area contributed by atoms with E-state index in [0.29, 0.717) is 24.1 Å². The van der Waals surface area contributed by atoms with Crippen molar-refractivity contribution in [3.63, 3.8) is 0 Å². The molecule has 1 aliphatic rings. The molecule has 1 heterocycles. The minimum Gasteiger partial charge on any atom is -0.399 e. The van der Waals surface area contributed by atoms with Gasteiger partial charge in [0.2, 0.25) is 0 Å². The highest BCUT2D eigenvalue weighted by atomic mass is 32.2. The predicted octanol–water partition coefficient (Wildman–Crippen LogP) is 4.58. The predicted molar refractivity (Wildman–Crippen MR) is 118 cm³/mol. The highest BCUT2D eigenvalue weighted by molar-refractivity contribution is 7.91. The van der Waals surface area contributed by atoms with Crippen LogP contribution >= 0.6 is 0 Å². The van der Waals surface area contributed by atoms with Gasteiger partial charge >= 0.3 is 0 Å². The molecule has 3 N–H and O–H groups in total. The second-order valence-electron chi connectivity index (χ2n) is 8.13. The second kappa shape index (κ2) is 8.33. The molecule has 3 rings (SSSR count). The molecule has 2 aromatic rings.